The minimum absolute atomic E-state index is 0.109. The van der Waals surface area contributed by atoms with Crippen LogP contribution < -0.4 is 15.4 Å². The standard InChI is InChI=1S/C19H27N5O2/c1-13(2)26-16-8-6-15(7-9-16)22-18(25)17-12-14(3)21-19(23-17)20-10-11-24(4)5/h6-9,12-13H,10-11H2,1-5H3,(H,22,25)(H,20,21,23). The van der Waals surface area contributed by atoms with Crippen molar-refractivity contribution in [3.8, 4) is 5.75 Å². The van der Waals surface area contributed by atoms with Gasteiger partial charge in [-0.2, -0.15) is 0 Å². The van der Waals surface area contributed by atoms with Crippen LogP contribution in [0.15, 0.2) is 30.3 Å². The van der Waals surface area contributed by atoms with Gasteiger partial charge in [-0.25, -0.2) is 9.97 Å². The molecule has 1 aromatic heterocycles. The molecule has 0 fully saturated rings. The van der Waals surface area contributed by atoms with Crippen LogP contribution in [0.5, 0.6) is 5.75 Å². The van der Waals surface area contributed by atoms with Gasteiger partial charge in [0.15, 0.2) is 0 Å². The highest BCUT2D eigenvalue weighted by atomic mass is 16.5. The number of benzene rings is 1. The minimum Gasteiger partial charge on any atom is -0.491 e. The molecular weight excluding hydrogens is 330 g/mol. The first-order valence-electron chi connectivity index (χ1n) is 8.66. The smallest absolute Gasteiger partial charge is 0.274 e. The van der Waals surface area contributed by atoms with E-state index in [-0.39, 0.29) is 12.0 Å². The van der Waals surface area contributed by atoms with Crippen LogP contribution in [0.3, 0.4) is 0 Å². The summed E-state index contributed by atoms with van der Waals surface area (Å²) in [5, 5.41) is 5.99. The van der Waals surface area contributed by atoms with E-state index in [2.05, 4.69) is 25.5 Å². The number of amides is 1. The molecule has 0 aliphatic heterocycles. The van der Waals surface area contributed by atoms with Crippen LogP contribution in [0.25, 0.3) is 0 Å². The van der Waals surface area contributed by atoms with Gasteiger partial charge < -0.3 is 20.3 Å². The molecule has 2 N–H and O–H groups in total. The number of carbonyl (C=O) groups excluding carboxylic acids is 1. The number of rotatable bonds is 8. The molecule has 7 heteroatoms. The second-order valence-corrected chi connectivity index (χ2v) is 6.59. The molecule has 1 heterocycles. The van der Waals surface area contributed by atoms with Gasteiger partial charge in [-0.15, -0.1) is 0 Å². The van der Waals surface area contributed by atoms with Crippen LogP contribution >= 0.6 is 0 Å². The highest BCUT2D eigenvalue weighted by Crippen LogP contribution is 2.17. The molecule has 2 aromatic rings. The van der Waals surface area contributed by atoms with Gasteiger partial charge in [-0.1, -0.05) is 0 Å². The van der Waals surface area contributed by atoms with Gasteiger partial charge >= 0.3 is 0 Å². The van der Waals surface area contributed by atoms with Crippen molar-refractivity contribution in [3.05, 3.63) is 41.7 Å². The lowest BCUT2D eigenvalue weighted by atomic mass is 10.2. The summed E-state index contributed by atoms with van der Waals surface area (Å²) >= 11 is 0. The Bertz CT molecular complexity index is 729. The highest BCUT2D eigenvalue weighted by molar-refractivity contribution is 6.03. The molecule has 1 amide bonds. The zero-order valence-electron chi connectivity index (χ0n) is 16.0. The fourth-order valence-electron chi connectivity index (χ4n) is 2.24. The van der Waals surface area contributed by atoms with E-state index in [1.54, 1.807) is 18.2 Å². The van der Waals surface area contributed by atoms with Crippen molar-refractivity contribution >= 4 is 17.5 Å². The molecule has 0 saturated carbocycles. The third kappa shape index (κ3) is 6.33. The number of anilines is 2. The second kappa shape index (κ2) is 9.15. The average molecular weight is 357 g/mol. The van der Waals surface area contributed by atoms with E-state index in [1.165, 1.54) is 0 Å². The van der Waals surface area contributed by atoms with Crippen molar-refractivity contribution in [1.82, 2.24) is 14.9 Å². The molecule has 140 valence electrons. The maximum Gasteiger partial charge on any atom is 0.274 e. The molecule has 0 aliphatic carbocycles. The number of hydrogen-bond donors (Lipinski definition) is 2. The summed E-state index contributed by atoms with van der Waals surface area (Å²) in [6, 6.07) is 8.94. The van der Waals surface area contributed by atoms with Crippen LogP contribution in [0.2, 0.25) is 0 Å². The number of likely N-dealkylation sites (N-methyl/N-ethyl adjacent to an activating group) is 1. The number of ether oxygens (including phenoxy) is 1. The Morgan fingerprint density at radius 1 is 1.19 bits per heavy atom. The molecule has 0 spiro atoms. The third-order valence-corrected chi connectivity index (χ3v) is 3.41. The second-order valence-electron chi connectivity index (χ2n) is 6.59. The number of carbonyl (C=O) groups is 1. The van der Waals surface area contributed by atoms with Gasteiger partial charge in [0.05, 0.1) is 6.10 Å². The molecule has 7 nitrogen and oxygen atoms in total. The SMILES string of the molecule is Cc1cc(C(=O)Nc2ccc(OC(C)C)cc2)nc(NCCN(C)C)n1. The van der Waals surface area contributed by atoms with Gasteiger partial charge in [0.25, 0.3) is 5.91 Å². The fourth-order valence-corrected chi connectivity index (χ4v) is 2.24. The Balaban J connectivity index is 2.03. The lowest BCUT2D eigenvalue weighted by Crippen LogP contribution is -2.22. The van der Waals surface area contributed by atoms with E-state index in [0.717, 1.165) is 18.0 Å². The molecule has 0 saturated heterocycles. The van der Waals surface area contributed by atoms with Crippen LogP contribution in [0, 0.1) is 6.92 Å². The molecular formula is C19H27N5O2. The lowest BCUT2D eigenvalue weighted by Gasteiger charge is -2.12. The van der Waals surface area contributed by atoms with E-state index in [4.69, 9.17) is 4.74 Å². The van der Waals surface area contributed by atoms with E-state index < -0.39 is 0 Å². The van der Waals surface area contributed by atoms with E-state index in [0.29, 0.717) is 23.9 Å². The minimum atomic E-state index is -0.274. The molecule has 1 aromatic carbocycles. The molecule has 0 bridgehead atoms. The maximum atomic E-state index is 12.5. The summed E-state index contributed by atoms with van der Waals surface area (Å²) < 4.78 is 5.60. The van der Waals surface area contributed by atoms with Crippen LogP contribution in [0.4, 0.5) is 11.6 Å². The Hall–Kier alpha value is -2.67. The Kier molecular flexibility index (Phi) is 6.91. The van der Waals surface area contributed by atoms with Crippen molar-refractivity contribution in [3.63, 3.8) is 0 Å². The normalized spacial score (nSPS) is 10.9. The van der Waals surface area contributed by atoms with Crippen molar-refractivity contribution in [1.29, 1.82) is 0 Å². The average Bonchev–Trinajstić information content (AvgIpc) is 2.55. The Morgan fingerprint density at radius 3 is 2.50 bits per heavy atom. The van der Waals surface area contributed by atoms with Crippen molar-refractivity contribution < 1.29 is 9.53 Å². The first-order valence-corrected chi connectivity index (χ1v) is 8.66. The van der Waals surface area contributed by atoms with Gasteiger partial charge in [0.2, 0.25) is 5.95 Å². The van der Waals surface area contributed by atoms with Crippen LogP contribution in [0.1, 0.15) is 30.0 Å². The molecule has 0 unspecified atom stereocenters. The number of nitrogens with zero attached hydrogens (tertiary/aromatic N) is 3. The van der Waals surface area contributed by atoms with Crippen LogP contribution in [-0.2, 0) is 0 Å². The van der Waals surface area contributed by atoms with Crippen molar-refractivity contribution in [2.45, 2.75) is 26.9 Å². The van der Waals surface area contributed by atoms with Crippen LogP contribution in [-0.4, -0.2) is 54.1 Å². The number of aromatic nitrogens is 2. The predicted octanol–water partition coefficient (Wildman–Crippen LogP) is 2.80. The summed E-state index contributed by atoms with van der Waals surface area (Å²) in [6.45, 7) is 7.33. The summed E-state index contributed by atoms with van der Waals surface area (Å²) in [6.07, 6.45) is 0.109. The van der Waals surface area contributed by atoms with Crippen molar-refractivity contribution in [2.75, 3.05) is 37.8 Å². The van der Waals surface area contributed by atoms with Gasteiger partial charge in [-0.05, 0) is 65.2 Å². The first kappa shape index (κ1) is 19.7. The zero-order valence-corrected chi connectivity index (χ0v) is 16.0. The summed E-state index contributed by atoms with van der Waals surface area (Å²) in [5.41, 5.74) is 1.75. The Morgan fingerprint density at radius 2 is 1.88 bits per heavy atom. The number of hydrogen-bond acceptors (Lipinski definition) is 6. The quantitative estimate of drug-likeness (QED) is 0.756. The zero-order chi connectivity index (χ0) is 19.1. The van der Waals surface area contributed by atoms with E-state index in [9.17, 15) is 4.79 Å². The lowest BCUT2D eigenvalue weighted by molar-refractivity contribution is 0.102. The summed E-state index contributed by atoms with van der Waals surface area (Å²) in [4.78, 5) is 23.2. The molecule has 0 atom stereocenters. The molecule has 0 aliphatic rings. The fraction of sp³-hybridized carbons (Fsp3) is 0.421. The summed E-state index contributed by atoms with van der Waals surface area (Å²) in [7, 11) is 3.99. The molecule has 26 heavy (non-hydrogen) atoms. The van der Waals surface area contributed by atoms with E-state index in [1.807, 2.05) is 47.0 Å². The maximum absolute atomic E-state index is 12.5. The Labute approximate surface area is 154 Å². The third-order valence-electron chi connectivity index (χ3n) is 3.41. The van der Waals surface area contributed by atoms with Gasteiger partial charge in [-0.3, -0.25) is 4.79 Å². The van der Waals surface area contributed by atoms with Gasteiger partial charge in [0, 0.05) is 24.5 Å². The largest absolute Gasteiger partial charge is 0.491 e. The number of nitrogens with one attached hydrogen (secondary N) is 2. The molecule has 2 rings (SSSR count). The van der Waals surface area contributed by atoms with Gasteiger partial charge in [0.1, 0.15) is 11.4 Å². The van der Waals surface area contributed by atoms with Crippen molar-refractivity contribution in [2.24, 2.45) is 0 Å². The predicted molar refractivity (Wildman–Crippen MR) is 104 cm³/mol. The molecule has 0 radical (unpaired) electrons. The topological polar surface area (TPSA) is 79.4 Å². The monoisotopic (exact) mass is 357 g/mol. The summed E-state index contributed by atoms with van der Waals surface area (Å²) in [5.74, 6) is 0.949. The highest BCUT2D eigenvalue weighted by Gasteiger charge is 2.11. The first-order chi connectivity index (χ1) is 12.3. The van der Waals surface area contributed by atoms with E-state index >= 15 is 0 Å². The number of aryl methyl sites for hydroxylation is 1.